The maximum atomic E-state index is 12.1. The standard InChI is InChI=1S/C8H10F3N3OS/c9-8(10,11)6-13-7(16-14-6)12-3-4-1-5(15)2-4/h4-5,15H,1-3H2,(H,12,13,14). The monoisotopic (exact) mass is 253 g/mol. The summed E-state index contributed by atoms with van der Waals surface area (Å²) < 4.78 is 39.7. The summed E-state index contributed by atoms with van der Waals surface area (Å²) >= 11 is 0.699. The van der Waals surface area contributed by atoms with E-state index >= 15 is 0 Å². The van der Waals surface area contributed by atoms with E-state index in [-0.39, 0.29) is 11.2 Å². The number of rotatable bonds is 3. The fourth-order valence-corrected chi connectivity index (χ4v) is 2.10. The summed E-state index contributed by atoms with van der Waals surface area (Å²) in [7, 11) is 0. The highest BCUT2D eigenvalue weighted by Gasteiger charge is 2.36. The molecule has 0 radical (unpaired) electrons. The Kier molecular flexibility index (Phi) is 3.02. The van der Waals surface area contributed by atoms with Gasteiger partial charge in [0, 0.05) is 18.1 Å². The lowest BCUT2D eigenvalue weighted by molar-refractivity contribution is -0.144. The van der Waals surface area contributed by atoms with Crippen LogP contribution in [0.15, 0.2) is 0 Å². The van der Waals surface area contributed by atoms with Gasteiger partial charge in [-0.3, -0.25) is 0 Å². The number of anilines is 1. The Balaban J connectivity index is 1.84. The van der Waals surface area contributed by atoms with Gasteiger partial charge in [-0.2, -0.15) is 22.5 Å². The van der Waals surface area contributed by atoms with Gasteiger partial charge in [0.1, 0.15) is 0 Å². The first-order valence-electron chi connectivity index (χ1n) is 4.78. The minimum atomic E-state index is -4.48. The van der Waals surface area contributed by atoms with Gasteiger partial charge < -0.3 is 10.4 Å². The molecule has 0 amide bonds. The number of hydrogen-bond acceptors (Lipinski definition) is 5. The molecular formula is C8H10F3N3OS. The van der Waals surface area contributed by atoms with Gasteiger partial charge in [-0.05, 0) is 18.8 Å². The first-order chi connectivity index (χ1) is 7.45. The summed E-state index contributed by atoms with van der Waals surface area (Å²) in [4.78, 5) is 3.34. The van der Waals surface area contributed by atoms with Gasteiger partial charge in [0.25, 0.3) is 0 Å². The molecule has 1 aliphatic rings. The molecule has 0 aliphatic heterocycles. The van der Waals surface area contributed by atoms with Crippen LogP contribution >= 0.6 is 11.5 Å². The average Bonchev–Trinajstić information content (AvgIpc) is 2.58. The van der Waals surface area contributed by atoms with E-state index in [9.17, 15) is 13.2 Å². The van der Waals surface area contributed by atoms with E-state index in [1.165, 1.54) is 0 Å². The molecule has 1 aliphatic carbocycles. The van der Waals surface area contributed by atoms with E-state index < -0.39 is 12.0 Å². The van der Waals surface area contributed by atoms with E-state index in [4.69, 9.17) is 5.11 Å². The van der Waals surface area contributed by atoms with Crippen LogP contribution in [-0.2, 0) is 6.18 Å². The number of nitrogens with one attached hydrogen (secondary N) is 1. The van der Waals surface area contributed by atoms with E-state index in [0.29, 0.717) is 36.8 Å². The molecule has 0 atom stereocenters. The molecule has 1 saturated carbocycles. The number of halogens is 3. The summed E-state index contributed by atoms with van der Waals surface area (Å²) in [5, 5.41) is 12.0. The molecule has 1 aromatic rings. The second kappa shape index (κ2) is 4.17. The number of aliphatic hydroxyl groups excluding tert-OH is 1. The van der Waals surface area contributed by atoms with Crippen molar-refractivity contribution < 1.29 is 18.3 Å². The Labute approximate surface area is 93.7 Å². The maximum Gasteiger partial charge on any atom is 0.452 e. The van der Waals surface area contributed by atoms with Crippen molar-refractivity contribution in [3.8, 4) is 0 Å². The average molecular weight is 253 g/mol. The van der Waals surface area contributed by atoms with Gasteiger partial charge in [0.05, 0.1) is 6.10 Å². The van der Waals surface area contributed by atoms with Crippen molar-refractivity contribution in [3.05, 3.63) is 5.82 Å². The zero-order valence-electron chi connectivity index (χ0n) is 8.16. The number of hydrogen-bond donors (Lipinski definition) is 2. The highest BCUT2D eigenvalue weighted by molar-refractivity contribution is 7.09. The quantitative estimate of drug-likeness (QED) is 0.861. The lowest BCUT2D eigenvalue weighted by Gasteiger charge is -2.31. The highest BCUT2D eigenvalue weighted by atomic mass is 32.1. The molecule has 2 N–H and O–H groups in total. The fourth-order valence-electron chi connectivity index (χ4n) is 1.51. The Morgan fingerprint density at radius 2 is 2.12 bits per heavy atom. The summed E-state index contributed by atoms with van der Waals surface area (Å²) in [5.74, 6) is -0.790. The van der Waals surface area contributed by atoms with Gasteiger partial charge in [-0.15, -0.1) is 0 Å². The normalized spacial score (nSPS) is 25.2. The van der Waals surface area contributed by atoms with Crippen molar-refractivity contribution in [3.63, 3.8) is 0 Å². The molecule has 0 saturated heterocycles. The number of aromatic nitrogens is 2. The van der Waals surface area contributed by atoms with Gasteiger partial charge >= 0.3 is 6.18 Å². The van der Waals surface area contributed by atoms with Crippen molar-refractivity contribution in [2.45, 2.75) is 25.1 Å². The molecule has 0 unspecified atom stereocenters. The van der Waals surface area contributed by atoms with Crippen LogP contribution in [0.2, 0.25) is 0 Å². The second-order valence-electron chi connectivity index (χ2n) is 3.79. The Bertz CT molecular complexity index is 362. The van der Waals surface area contributed by atoms with Gasteiger partial charge in [-0.1, -0.05) is 0 Å². The molecule has 2 rings (SSSR count). The SMILES string of the molecule is OC1CC(CNc2nc(C(F)(F)F)ns2)C1. The minimum Gasteiger partial charge on any atom is -0.393 e. The van der Waals surface area contributed by atoms with E-state index in [0.717, 1.165) is 0 Å². The Morgan fingerprint density at radius 1 is 1.44 bits per heavy atom. The van der Waals surface area contributed by atoms with Crippen molar-refractivity contribution in [1.29, 1.82) is 0 Å². The van der Waals surface area contributed by atoms with E-state index in [1.54, 1.807) is 0 Å². The molecule has 1 heterocycles. The number of alkyl halides is 3. The Hall–Kier alpha value is -0.890. The third-order valence-corrected chi connectivity index (χ3v) is 3.11. The van der Waals surface area contributed by atoms with Crippen molar-refractivity contribution in [1.82, 2.24) is 9.36 Å². The van der Waals surface area contributed by atoms with Crippen molar-refractivity contribution >= 4 is 16.7 Å². The molecule has 0 spiro atoms. The second-order valence-corrected chi connectivity index (χ2v) is 4.54. The zero-order chi connectivity index (χ0) is 11.8. The summed E-state index contributed by atoms with van der Waals surface area (Å²) in [5.41, 5.74) is 0. The zero-order valence-corrected chi connectivity index (χ0v) is 8.98. The predicted molar refractivity (Wildman–Crippen MR) is 52.1 cm³/mol. The lowest BCUT2D eigenvalue weighted by atomic mass is 9.82. The van der Waals surface area contributed by atoms with Crippen LogP contribution in [0, 0.1) is 5.92 Å². The first kappa shape index (κ1) is 11.6. The third kappa shape index (κ3) is 2.62. The lowest BCUT2D eigenvalue weighted by Crippen LogP contribution is -2.33. The minimum absolute atomic E-state index is 0.175. The van der Waals surface area contributed by atoms with Gasteiger partial charge in [-0.25, -0.2) is 0 Å². The fraction of sp³-hybridized carbons (Fsp3) is 0.750. The number of nitrogens with zero attached hydrogens (tertiary/aromatic N) is 2. The van der Waals surface area contributed by atoms with Gasteiger partial charge in [0.2, 0.25) is 11.0 Å². The molecule has 16 heavy (non-hydrogen) atoms. The van der Waals surface area contributed by atoms with Crippen LogP contribution in [0.4, 0.5) is 18.3 Å². The van der Waals surface area contributed by atoms with Crippen LogP contribution in [-0.4, -0.2) is 27.1 Å². The molecule has 1 fully saturated rings. The molecule has 4 nitrogen and oxygen atoms in total. The van der Waals surface area contributed by atoms with Gasteiger partial charge in [0.15, 0.2) is 0 Å². The molecular weight excluding hydrogens is 243 g/mol. The smallest absolute Gasteiger partial charge is 0.393 e. The summed E-state index contributed by atoms with van der Waals surface area (Å²) in [6.45, 7) is 0.531. The summed E-state index contributed by atoms with van der Waals surface area (Å²) in [6, 6.07) is 0. The van der Waals surface area contributed by atoms with Crippen LogP contribution in [0.25, 0.3) is 0 Å². The van der Waals surface area contributed by atoms with Crippen molar-refractivity contribution in [2.75, 3.05) is 11.9 Å². The molecule has 8 heteroatoms. The van der Waals surface area contributed by atoms with Crippen LogP contribution < -0.4 is 5.32 Å². The van der Waals surface area contributed by atoms with Crippen LogP contribution in [0.1, 0.15) is 18.7 Å². The largest absolute Gasteiger partial charge is 0.452 e. The predicted octanol–water partition coefficient (Wildman–Crippen LogP) is 1.74. The number of aliphatic hydroxyl groups is 1. The molecule has 0 bridgehead atoms. The van der Waals surface area contributed by atoms with Crippen LogP contribution in [0.5, 0.6) is 0 Å². The molecule has 0 aromatic carbocycles. The molecule has 90 valence electrons. The highest BCUT2D eigenvalue weighted by Crippen LogP contribution is 2.30. The molecule has 1 aromatic heterocycles. The first-order valence-corrected chi connectivity index (χ1v) is 5.55. The Morgan fingerprint density at radius 3 is 2.62 bits per heavy atom. The van der Waals surface area contributed by atoms with E-state index in [1.807, 2.05) is 0 Å². The summed E-state index contributed by atoms with van der Waals surface area (Å²) in [6.07, 6.45) is -3.36. The third-order valence-electron chi connectivity index (χ3n) is 2.43. The van der Waals surface area contributed by atoms with Crippen LogP contribution in [0.3, 0.4) is 0 Å². The topological polar surface area (TPSA) is 58.0 Å². The van der Waals surface area contributed by atoms with E-state index in [2.05, 4.69) is 14.7 Å². The van der Waals surface area contributed by atoms with Crippen molar-refractivity contribution in [2.24, 2.45) is 5.92 Å². The maximum absolute atomic E-state index is 12.1.